The van der Waals surface area contributed by atoms with Gasteiger partial charge in [-0.05, 0) is 96.7 Å². The van der Waals surface area contributed by atoms with Crippen molar-refractivity contribution in [3.05, 3.63) is 94.3 Å². The van der Waals surface area contributed by atoms with Crippen LogP contribution in [-0.2, 0) is 6.42 Å². The number of likely N-dealkylation sites (tertiary alicyclic amines) is 1. The molecule has 1 atom stereocenters. The molecule has 2 aliphatic rings. The maximum absolute atomic E-state index is 14.8. The van der Waals surface area contributed by atoms with Crippen molar-refractivity contribution < 1.29 is 13.5 Å². The van der Waals surface area contributed by atoms with Gasteiger partial charge in [0.05, 0.1) is 12.4 Å². The fraction of sp³-hybridized carbons (Fsp3) is 0.375. The summed E-state index contributed by atoms with van der Waals surface area (Å²) in [6.07, 6.45) is 4.59. The molecule has 3 nitrogen and oxygen atoms in total. The Morgan fingerprint density at radius 2 is 1.81 bits per heavy atom. The van der Waals surface area contributed by atoms with E-state index in [-0.39, 0.29) is 18.6 Å². The number of alkyl halides is 1. The summed E-state index contributed by atoms with van der Waals surface area (Å²) in [5.74, 6) is 0.617. The fourth-order valence-corrected chi connectivity index (χ4v) is 5.71. The van der Waals surface area contributed by atoms with Crippen molar-refractivity contribution >= 4 is 16.8 Å². The number of rotatable bonds is 8. The second-order valence-corrected chi connectivity index (χ2v) is 10.2. The molecule has 5 rings (SSSR count). The van der Waals surface area contributed by atoms with Gasteiger partial charge in [0, 0.05) is 26.7 Å². The Balaban J connectivity index is 1.48. The molecule has 1 unspecified atom stereocenters. The molecule has 37 heavy (non-hydrogen) atoms. The monoisotopic (exact) mass is 502 g/mol. The van der Waals surface area contributed by atoms with Crippen LogP contribution in [0.5, 0.6) is 5.75 Å². The molecule has 1 N–H and O–H groups in total. The number of hydrogen-bond donors (Lipinski definition) is 1. The number of benzene rings is 3. The third kappa shape index (κ3) is 5.72. The highest BCUT2D eigenvalue weighted by Crippen LogP contribution is 2.41. The minimum Gasteiger partial charge on any atom is -0.489 e. The Kier molecular flexibility index (Phi) is 7.90. The van der Waals surface area contributed by atoms with Crippen molar-refractivity contribution in [3.8, 4) is 5.75 Å². The van der Waals surface area contributed by atoms with E-state index in [9.17, 15) is 8.78 Å². The molecular formula is C32H36F2N2O. The Hall–Kier alpha value is -3.18. The molecular weight excluding hydrogens is 466 g/mol. The molecule has 1 aliphatic heterocycles. The van der Waals surface area contributed by atoms with Crippen LogP contribution in [0.3, 0.4) is 0 Å². The summed E-state index contributed by atoms with van der Waals surface area (Å²) < 4.78 is 33.6. The Labute approximate surface area is 219 Å². The smallest absolute Gasteiger partial charge is 0.146 e. The van der Waals surface area contributed by atoms with Crippen LogP contribution in [0.15, 0.2) is 60.7 Å². The number of ether oxygens (including phenoxy) is 1. The van der Waals surface area contributed by atoms with E-state index in [1.54, 1.807) is 13.1 Å². The molecule has 0 amide bonds. The molecule has 1 fully saturated rings. The van der Waals surface area contributed by atoms with E-state index < -0.39 is 0 Å². The van der Waals surface area contributed by atoms with Crippen molar-refractivity contribution in [2.45, 2.75) is 45.1 Å². The SMILES string of the molecule is CNc1ccc(C2=C(c3ccc(OC4CCN(CCCF)C4)cc3)c3ccc(C)cc3CCC2)cc1F. The van der Waals surface area contributed by atoms with Gasteiger partial charge in [-0.2, -0.15) is 0 Å². The van der Waals surface area contributed by atoms with Crippen molar-refractivity contribution in [1.29, 1.82) is 0 Å². The highest BCUT2D eigenvalue weighted by molar-refractivity contribution is 6.00. The third-order valence-corrected chi connectivity index (χ3v) is 7.57. The Morgan fingerprint density at radius 1 is 1.00 bits per heavy atom. The first-order valence-corrected chi connectivity index (χ1v) is 13.4. The summed E-state index contributed by atoms with van der Waals surface area (Å²) in [6, 6.07) is 20.5. The third-order valence-electron chi connectivity index (χ3n) is 7.57. The number of anilines is 1. The Bertz CT molecular complexity index is 1270. The molecule has 3 aromatic carbocycles. The number of fused-ring (bicyclic) bond motifs is 1. The first-order chi connectivity index (χ1) is 18.1. The first kappa shape index (κ1) is 25.5. The predicted molar refractivity (Wildman–Crippen MR) is 148 cm³/mol. The van der Waals surface area contributed by atoms with Crippen molar-refractivity contribution in [3.63, 3.8) is 0 Å². The van der Waals surface area contributed by atoms with Gasteiger partial charge in [-0.1, -0.05) is 42.0 Å². The molecule has 194 valence electrons. The number of nitrogens with zero attached hydrogens (tertiary/aromatic N) is 1. The second-order valence-electron chi connectivity index (χ2n) is 10.2. The van der Waals surface area contributed by atoms with E-state index >= 15 is 0 Å². The van der Waals surface area contributed by atoms with Crippen LogP contribution in [0.1, 0.15) is 53.5 Å². The van der Waals surface area contributed by atoms with E-state index in [0.717, 1.165) is 62.2 Å². The van der Waals surface area contributed by atoms with Gasteiger partial charge in [-0.25, -0.2) is 4.39 Å². The molecule has 0 saturated carbocycles. The molecule has 0 radical (unpaired) electrons. The van der Waals surface area contributed by atoms with Crippen LogP contribution in [0.2, 0.25) is 0 Å². The largest absolute Gasteiger partial charge is 0.489 e. The minimum atomic E-state index is -0.268. The standard InChI is InChI=1S/C32H36F2N2O/c1-22-7-13-29-24(19-22)5-3-6-28(25-10-14-31(35-2)30(34)20-25)32(29)23-8-11-26(12-9-23)37-27-15-18-36(21-27)17-4-16-33/h7-14,19-20,27,35H,3-6,15-18,21H2,1-2H3. The quantitative estimate of drug-likeness (QED) is 0.350. The molecule has 0 aromatic heterocycles. The maximum Gasteiger partial charge on any atom is 0.146 e. The highest BCUT2D eigenvalue weighted by Gasteiger charge is 2.24. The van der Waals surface area contributed by atoms with Gasteiger partial charge in [0.1, 0.15) is 17.7 Å². The summed E-state index contributed by atoms with van der Waals surface area (Å²) in [5.41, 5.74) is 8.73. The lowest BCUT2D eigenvalue weighted by Crippen LogP contribution is -2.26. The van der Waals surface area contributed by atoms with Gasteiger partial charge in [0.2, 0.25) is 0 Å². The lowest BCUT2D eigenvalue weighted by Gasteiger charge is -2.19. The van der Waals surface area contributed by atoms with Gasteiger partial charge >= 0.3 is 0 Å². The second kappa shape index (κ2) is 11.5. The van der Waals surface area contributed by atoms with Crippen LogP contribution in [0, 0.1) is 12.7 Å². The summed E-state index contributed by atoms with van der Waals surface area (Å²) in [6.45, 7) is 4.46. The average molecular weight is 503 g/mol. The molecule has 5 heteroatoms. The van der Waals surface area contributed by atoms with Gasteiger partial charge in [-0.15, -0.1) is 0 Å². The molecule has 3 aromatic rings. The normalized spacial score (nSPS) is 18.0. The van der Waals surface area contributed by atoms with E-state index in [2.05, 4.69) is 47.5 Å². The van der Waals surface area contributed by atoms with Crippen LogP contribution < -0.4 is 10.1 Å². The van der Waals surface area contributed by atoms with Gasteiger partial charge in [0.15, 0.2) is 0 Å². The fourth-order valence-electron chi connectivity index (χ4n) is 5.71. The van der Waals surface area contributed by atoms with Crippen LogP contribution >= 0.6 is 0 Å². The van der Waals surface area contributed by atoms with E-state index in [0.29, 0.717) is 12.1 Å². The lowest BCUT2D eigenvalue weighted by molar-refractivity contribution is 0.198. The summed E-state index contributed by atoms with van der Waals surface area (Å²) in [4.78, 5) is 2.28. The van der Waals surface area contributed by atoms with E-state index in [1.165, 1.54) is 27.8 Å². The zero-order valence-electron chi connectivity index (χ0n) is 21.8. The van der Waals surface area contributed by atoms with Crippen molar-refractivity contribution in [2.75, 3.05) is 38.7 Å². The number of halogens is 2. The molecule has 0 spiro atoms. The predicted octanol–water partition coefficient (Wildman–Crippen LogP) is 7.28. The average Bonchev–Trinajstić information content (AvgIpc) is 3.26. The van der Waals surface area contributed by atoms with E-state index in [4.69, 9.17) is 4.74 Å². The van der Waals surface area contributed by atoms with Gasteiger partial charge in [-0.3, -0.25) is 9.29 Å². The molecule has 0 bridgehead atoms. The zero-order chi connectivity index (χ0) is 25.8. The minimum absolute atomic E-state index is 0.135. The highest BCUT2D eigenvalue weighted by atomic mass is 19.1. The lowest BCUT2D eigenvalue weighted by atomic mass is 9.87. The topological polar surface area (TPSA) is 24.5 Å². The summed E-state index contributed by atoms with van der Waals surface area (Å²) in [5, 5.41) is 2.93. The molecule has 1 saturated heterocycles. The van der Waals surface area contributed by atoms with E-state index in [1.807, 2.05) is 24.3 Å². The molecule has 1 aliphatic carbocycles. The number of hydrogen-bond acceptors (Lipinski definition) is 3. The zero-order valence-corrected chi connectivity index (χ0v) is 21.8. The number of allylic oxidation sites excluding steroid dienone is 1. The Morgan fingerprint density at radius 3 is 2.57 bits per heavy atom. The number of aryl methyl sites for hydroxylation is 2. The summed E-state index contributed by atoms with van der Waals surface area (Å²) in [7, 11) is 1.74. The van der Waals surface area contributed by atoms with Crippen molar-refractivity contribution in [1.82, 2.24) is 4.90 Å². The number of nitrogens with one attached hydrogen (secondary N) is 1. The van der Waals surface area contributed by atoms with Gasteiger partial charge in [0.25, 0.3) is 0 Å². The van der Waals surface area contributed by atoms with Crippen LogP contribution in [0.25, 0.3) is 11.1 Å². The van der Waals surface area contributed by atoms with Crippen LogP contribution in [0.4, 0.5) is 14.5 Å². The molecule has 1 heterocycles. The van der Waals surface area contributed by atoms with Crippen LogP contribution in [-0.4, -0.2) is 44.4 Å². The van der Waals surface area contributed by atoms with Gasteiger partial charge < -0.3 is 10.1 Å². The van der Waals surface area contributed by atoms with Crippen molar-refractivity contribution in [2.24, 2.45) is 0 Å². The first-order valence-electron chi connectivity index (χ1n) is 13.4. The summed E-state index contributed by atoms with van der Waals surface area (Å²) >= 11 is 0. The maximum atomic E-state index is 14.8.